The molecule has 3 N–H and O–H groups in total. The summed E-state index contributed by atoms with van der Waals surface area (Å²) in [7, 11) is 1.64. The molecule has 0 saturated heterocycles. The van der Waals surface area contributed by atoms with Crippen molar-refractivity contribution < 1.29 is 4.74 Å². The maximum absolute atomic E-state index is 6.04. The lowest BCUT2D eigenvalue weighted by Gasteiger charge is -2.08. The molecule has 1 fully saturated rings. The Morgan fingerprint density at radius 2 is 2.12 bits per heavy atom. The van der Waals surface area contributed by atoms with E-state index in [1.807, 2.05) is 36.4 Å². The van der Waals surface area contributed by atoms with Gasteiger partial charge in [0.1, 0.15) is 18.1 Å². The minimum Gasteiger partial charge on any atom is -0.497 e. The van der Waals surface area contributed by atoms with E-state index in [4.69, 9.17) is 15.5 Å². The summed E-state index contributed by atoms with van der Waals surface area (Å²) in [5.74, 6) is 2.09. The van der Waals surface area contributed by atoms with Crippen molar-refractivity contribution in [3.8, 4) is 5.75 Å². The summed E-state index contributed by atoms with van der Waals surface area (Å²) in [6.45, 7) is 0.452. The van der Waals surface area contributed by atoms with Crippen LogP contribution in [0.4, 0.5) is 5.69 Å². The molecule has 1 saturated carbocycles. The highest BCUT2D eigenvalue weighted by molar-refractivity contribution is 5.92. The third-order valence-corrected chi connectivity index (χ3v) is 4.31. The van der Waals surface area contributed by atoms with Gasteiger partial charge in [0.15, 0.2) is 5.96 Å². The molecule has 128 valence electrons. The number of hydrogen-bond acceptors (Lipinski definition) is 3. The molecule has 3 aromatic rings. The summed E-state index contributed by atoms with van der Waals surface area (Å²) in [6.07, 6.45) is 2.41. The van der Waals surface area contributed by atoms with E-state index in [9.17, 15) is 0 Å². The molecule has 0 unspecified atom stereocenters. The summed E-state index contributed by atoms with van der Waals surface area (Å²) in [5.41, 5.74) is 9.07. The van der Waals surface area contributed by atoms with Crippen LogP contribution in [0.25, 0.3) is 11.0 Å². The first-order valence-corrected chi connectivity index (χ1v) is 8.41. The Bertz CT molecular complexity index is 926. The van der Waals surface area contributed by atoms with Crippen LogP contribution >= 0.6 is 0 Å². The van der Waals surface area contributed by atoms with Gasteiger partial charge in [-0.15, -0.1) is 0 Å². The van der Waals surface area contributed by atoms with Crippen molar-refractivity contribution in [2.24, 2.45) is 10.7 Å². The van der Waals surface area contributed by atoms with E-state index in [1.54, 1.807) is 7.11 Å². The molecule has 0 aliphatic heterocycles. The van der Waals surface area contributed by atoms with Crippen LogP contribution < -0.4 is 15.8 Å². The second-order valence-electron chi connectivity index (χ2n) is 6.18. The number of hydrogen-bond donors (Lipinski definition) is 2. The molecule has 0 atom stereocenters. The summed E-state index contributed by atoms with van der Waals surface area (Å²) in [4.78, 5) is 9.20. The number of anilines is 1. The van der Waals surface area contributed by atoms with Crippen LogP contribution in [0.5, 0.6) is 5.75 Å². The Balaban J connectivity index is 1.54. The van der Waals surface area contributed by atoms with Crippen molar-refractivity contribution in [3.05, 3.63) is 54.4 Å². The van der Waals surface area contributed by atoms with Gasteiger partial charge in [-0.05, 0) is 37.1 Å². The van der Waals surface area contributed by atoms with Gasteiger partial charge in [-0.1, -0.05) is 18.2 Å². The van der Waals surface area contributed by atoms with Crippen molar-refractivity contribution in [2.75, 3.05) is 12.4 Å². The lowest BCUT2D eigenvalue weighted by molar-refractivity contribution is 0.415. The largest absolute Gasteiger partial charge is 0.497 e. The Kier molecular flexibility index (Phi) is 4.01. The van der Waals surface area contributed by atoms with Gasteiger partial charge in [-0.3, -0.25) is 0 Å². The smallest absolute Gasteiger partial charge is 0.193 e. The molecular formula is C19H21N5O. The Hall–Kier alpha value is -3.02. The quantitative estimate of drug-likeness (QED) is 0.554. The summed E-state index contributed by atoms with van der Waals surface area (Å²) in [6, 6.07) is 16.4. The predicted octanol–water partition coefficient (Wildman–Crippen LogP) is 3.31. The van der Waals surface area contributed by atoms with Crippen LogP contribution in [-0.4, -0.2) is 22.6 Å². The summed E-state index contributed by atoms with van der Waals surface area (Å²) in [5, 5.41) is 3.10. The van der Waals surface area contributed by atoms with Gasteiger partial charge in [0.25, 0.3) is 0 Å². The standard InChI is InChI=1S/C19H21N5O/c1-25-15-6-4-5-13(11-15)22-19(20)21-12-18-23-16-7-2-3-8-17(16)24(18)14-9-10-14/h2-8,11,14H,9-10,12H2,1H3,(H3,20,21,22). The minimum atomic E-state index is 0.364. The average Bonchev–Trinajstić information content (AvgIpc) is 3.40. The molecular weight excluding hydrogens is 314 g/mol. The van der Waals surface area contributed by atoms with Crippen LogP contribution in [-0.2, 0) is 6.54 Å². The van der Waals surface area contributed by atoms with Gasteiger partial charge < -0.3 is 20.4 Å². The van der Waals surface area contributed by atoms with E-state index in [1.165, 1.54) is 18.4 Å². The number of nitrogens with one attached hydrogen (secondary N) is 1. The minimum absolute atomic E-state index is 0.364. The van der Waals surface area contributed by atoms with Gasteiger partial charge in [-0.2, -0.15) is 0 Å². The van der Waals surface area contributed by atoms with Crippen molar-refractivity contribution >= 4 is 22.7 Å². The zero-order valence-electron chi connectivity index (χ0n) is 14.1. The number of benzene rings is 2. The predicted molar refractivity (Wildman–Crippen MR) is 99.9 cm³/mol. The number of imidazole rings is 1. The van der Waals surface area contributed by atoms with Crippen molar-refractivity contribution in [1.29, 1.82) is 0 Å². The molecule has 6 nitrogen and oxygen atoms in total. The van der Waals surface area contributed by atoms with Crippen LogP contribution in [0, 0.1) is 0 Å². The zero-order valence-corrected chi connectivity index (χ0v) is 14.1. The second-order valence-corrected chi connectivity index (χ2v) is 6.18. The Labute approximate surface area is 146 Å². The Morgan fingerprint density at radius 1 is 1.28 bits per heavy atom. The lowest BCUT2D eigenvalue weighted by Crippen LogP contribution is -2.22. The molecule has 0 amide bonds. The van der Waals surface area contributed by atoms with Crippen LogP contribution in [0.15, 0.2) is 53.5 Å². The molecule has 1 aliphatic rings. The number of ether oxygens (including phenoxy) is 1. The third-order valence-electron chi connectivity index (χ3n) is 4.31. The van der Waals surface area contributed by atoms with Crippen LogP contribution in [0.3, 0.4) is 0 Å². The number of nitrogens with zero attached hydrogens (tertiary/aromatic N) is 3. The molecule has 1 heterocycles. The fraction of sp³-hybridized carbons (Fsp3) is 0.263. The highest BCUT2D eigenvalue weighted by Gasteiger charge is 2.27. The maximum atomic E-state index is 6.04. The molecule has 1 aliphatic carbocycles. The number of para-hydroxylation sites is 2. The normalized spacial score (nSPS) is 14.7. The number of aromatic nitrogens is 2. The van der Waals surface area contributed by atoms with Gasteiger partial charge >= 0.3 is 0 Å². The van der Waals surface area contributed by atoms with Gasteiger partial charge in [-0.25, -0.2) is 9.98 Å². The van der Waals surface area contributed by atoms with Crippen molar-refractivity contribution in [1.82, 2.24) is 9.55 Å². The number of aliphatic imine (C=N–C) groups is 1. The van der Waals surface area contributed by atoms with E-state index >= 15 is 0 Å². The number of fused-ring (bicyclic) bond motifs is 1. The van der Waals surface area contributed by atoms with Crippen molar-refractivity contribution in [3.63, 3.8) is 0 Å². The highest BCUT2D eigenvalue weighted by Crippen LogP contribution is 2.38. The molecule has 4 rings (SSSR count). The van der Waals surface area contributed by atoms with E-state index in [2.05, 4.69) is 27.0 Å². The molecule has 25 heavy (non-hydrogen) atoms. The highest BCUT2D eigenvalue weighted by atomic mass is 16.5. The van der Waals surface area contributed by atoms with Gasteiger partial charge in [0.05, 0.1) is 18.1 Å². The summed E-state index contributed by atoms with van der Waals surface area (Å²) >= 11 is 0. The first-order valence-electron chi connectivity index (χ1n) is 8.41. The molecule has 0 bridgehead atoms. The molecule has 0 radical (unpaired) electrons. The first kappa shape index (κ1) is 15.5. The SMILES string of the molecule is COc1cccc(NC(N)=NCc2nc3ccccc3n2C2CC2)c1. The molecule has 0 spiro atoms. The fourth-order valence-corrected chi connectivity index (χ4v) is 2.99. The van der Waals surface area contributed by atoms with Gasteiger partial charge in [0, 0.05) is 17.8 Å². The second kappa shape index (κ2) is 6.47. The lowest BCUT2D eigenvalue weighted by atomic mass is 10.3. The monoisotopic (exact) mass is 335 g/mol. The van der Waals surface area contributed by atoms with E-state index in [0.717, 1.165) is 22.8 Å². The third kappa shape index (κ3) is 3.28. The van der Waals surface area contributed by atoms with Gasteiger partial charge in [0.2, 0.25) is 0 Å². The molecule has 2 aromatic carbocycles. The van der Waals surface area contributed by atoms with Crippen LogP contribution in [0.1, 0.15) is 24.7 Å². The zero-order chi connectivity index (χ0) is 17.2. The van der Waals surface area contributed by atoms with E-state index < -0.39 is 0 Å². The molecule has 6 heteroatoms. The van der Waals surface area contributed by atoms with E-state index in [-0.39, 0.29) is 0 Å². The number of rotatable bonds is 5. The Morgan fingerprint density at radius 3 is 2.92 bits per heavy atom. The molecule has 1 aromatic heterocycles. The van der Waals surface area contributed by atoms with Crippen LogP contribution in [0.2, 0.25) is 0 Å². The van der Waals surface area contributed by atoms with E-state index in [0.29, 0.717) is 18.5 Å². The topological polar surface area (TPSA) is 77.5 Å². The van der Waals surface area contributed by atoms with Crippen molar-refractivity contribution in [2.45, 2.75) is 25.4 Å². The fourth-order valence-electron chi connectivity index (χ4n) is 2.99. The number of methoxy groups -OCH3 is 1. The first-order chi connectivity index (χ1) is 12.2. The number of guanidine groups is 1. The number of nitrogens with two attached hydrogens (primary N) is 1. The summed E-state index contributed by atoms with van der Waals surface area (Å²) < 4.78 is 7.52. The average molecular weight is 335 g/mol. The maximum Gasteiger partial charge on any atom is 0.193 e.